The number of nitrogens with zero attached hydrogens (tertiary/aromatic N) is 4. The van der Waals surface area contributed by atoms with Crippen molar-refractivity contribution in [1.82, 2.24) is 19.7 Å². The summed E-state index contributed by atoms with van der Waals surface area (Å²) in [6.07, 6.45) is 7.54. The average Bonchev–Trinajstić information content (AvgIpc) is 3.68. The Morgan fingerprint density at radius 1 is 1.00 bits per heavy atom. The zero-order chi connectivity index (χ0) is 26.4. The maximum atomic E-state index is 13.2. The number of amides is 1. The molecule has 0 atom stereocenters. The van der Waals surface area contributed by atoms with Crippen molar-refractivity contribution in [3.05, 3.63) is 65.6 Å². The second-order valence-corrected chi connectivity index (χ2v) is 10.3. The normalized spacial score (nSPS) is 16.1. The van der Waals surface area contributed by atoms with Crippen LogP contribution in [0.5, 0.6) is 5.75 Å². The molecule has 2 aromatic carbocycles. The minimum absolute atomic E-state index is 0.0168. The number of carbonyl (C=O) groups is 2. The van der Waals surface area contributed by atoms with E-state index in [4.69, 9.17) is 11.6 Å². The van der Waals surface area contributed by atoms with Crippen molar-refractivity contribution in [2.75, 3.05) is 18.4 Å². The number of aromatic nitrogens is 3. The second kappa shape index (κ2) is 9.64. The van der Waals surface area contributed by atoms with E-state index in [1.807, 2.05) is 29.1 Å². The smallest absolute Gasteiger partial charge is 0.407 e. The molecular formula is C28H26ClN5O4. The Hall–Kier alpha value is -4.11. The molecule has 194 valence electrons. The van der Waals surface area contributed by atoms with Crippen molar-refractivity contribution >= 4 is 45.8 Å². The number of phenols is 1. The van der Waals surface area contributed by atoms with Crippen LogP contribution in [0.15, 0.2) is 55.0 Å². The van der Waals surface area contributed by atoms with Gasteiger partial charge in [0.15, 0.2) is 5.78 Å². The maximum Gasteiger partial charge on any atom is 0.407 e. The van der Waals surface area contributed by atoms with E-state index < -0.39 is 6.09 Å². The molecular weight excluding hydrogens is 506 g/mol. The quantitative estimate of drug-likeness (QED) is 0.257. The largest absolute Gasteiger partial charge is 0.506 e. The number of carboxylic acid groups (broad SMARTS) is 1. The molecule has 2 fully saturated rings. The minimum atomic E-state index is -0.891. The van der Waals surface area contributed by atoms with Gasteiger partial charge >= 0.3 is 6.09 Å². The van der Waals surface area contributed by atoms with E-state index in [1.54, 1.807) is 30.6 Å². The third-order valence-electron chi connectivity index (χ3n) is 7.34. The van der Waals surface area contributed by atoms with Crippen molar-refractivity contribution < 1.29 is 19.8 Å². The third-order valence-corrected chi connectivity index (χ3v) is 7.65. The lowest BCUT2D eigenvalue weighted by molar-refractivity contribution is 0.0968. The minimum Gasteiger partial charge on any atom is -0.506 e. The number of Topliss-reactive ketones (excluding diaryl/α,β-unsaturated/α-hetero) is 1. The highest BCUT2D eigenvalue weighted by Crippen LogP contribution is 2.39. The number of piperidine rings is 1. The van der Waals surface area contributed by atoms with Crippen molar-refractivity contribution in [3.8, 4) is 16.9 Å². The van der Waals surface area contributed by atoms with Gasteiger partial charge in [-0.05, 0) is 61.1 Å². The molecule has 0 bridgehead atoms. The summed E-state index contributed by atoms with van der Waals surface area (Å²) in [6, 6.07) is 11.0. The highest BCUT2D eigenvalue weighted by atomic mass is 35.5. The first-order valence-electron chi connectivity index (χ1n) is 12.6. The number of carbonyl (C=O) groups excluding carboxylic acids is 1. The summed E-state index contributed by atoms with van der Waals surface area (Å²) in [5.41, 5.74) is 4.41. The first-order chi connectivity index (χ1) is 18.4. The lowest BCUT2D eigenvalue weighted by Crippen LogP contribution is -2.38. The number of aromatic hydroxyl groups is 1. The lowest BCUT2D eigenvalue weighted by atomic mass is 9.99. The van der Waals surface area contributed by atoms with Gasteiger partial charge < -0.3 is 20.4 Å². The van der Waals surface area contributed by atoms with E-state index >= 15 is 0 Å². The van der Waals surface area contributed by atoms with Crippen molar-refractivity contribution in [2.45, 2.75) is 31.7 Å². The number of ketones is 1. The maximum absolute atomic E-state index is 13.2. The fourth-order valence-electron chi connectivity index (χ4n) is 5.01. The Morgan fingerprint density at radius 3 is 2.45 bits per heavy atom. The van der Waals surface area contributed by atoms with Crippen LogP contribution in [0.3, 0.4) is 0 Å². The first-order valence-corrected chi connectivity index (χ1v) is 13.0. The number of anilines is 2. The van der Waals surface area contributed by atoms with Gasteiger partial charge in [-0.3, -0.25) is 14.5 Å². The predicted molar refractivity (Wildman–Crippen MR) is 144 cm³/mol. The van der Waals surface area contributed by atoms with Gasteiger partial charge in [0.1, 0.15) is 5.75 Å². The summed E-state index contributed by atoms with van der Waals surface area (Å²) in [5, 5.41) is 28.1. The molecule has 1 saturated heterocycles. The number of rotatable bonds is 6. The summed E-state index contributed by atoms with van der Waals surface area (Å²) in [7, 11) is 0. The standard InChI is InChI=1S/C28H26ClN5O4/c29-23-12-18(4-6-25(23)35)17-3-5-24-21(11-17)26(22(14-30-24)27(36)16-1-2-16)32-19-13-31-34(15-19)20-7-9-33(10-8-20)28(37)38/h3-6,11-16,20,35H,1-2,7-10H2,(H,30,32)(H,37,38). The number of benzene rings is 2. The molecule has 10 heteroatoms. The Morgan fingerprint density at radius 2 is 1.74 bits per heavy atom. The fourth-order valence-corrected chi connectivity index (χ4v) is 5.19. The van der Waals surface area contributed by atoms with Gasteiger partial charge in [0, 0.05) is 36.8 Å². The number of hydrogen-bond acceptors (Lipinski definition) is 6. The van der Waals surface area contributed by atoms with E-state index in [0.717, 1.165) is 40.6 Å². The molecule has 2 aromatic heterocycles. The summed E-state index contributed by atoms with van der Waals surface area (Å²) in [4.78, 5) is 30.5. The van der Waals surface area contributed by atoms with Gasteiger partial charge in [0.25, 0.3) is 0 Å². The zero-order valence-electron chi connectivity index (χ0n) is 20.5. The molecule has 6 rings (SSSR count). The summed E-state index contributed by atoms with van der Waals surface area (Å²) < 4.78 is 1.87. The summed E-state index contributed by atoms with van der Waals surface area (Å²) in [5.74, 6) is 0.118. The predicted octanol–water partition coefficient (Wildman–Crippen LogP) is 6.11. The molecule has 0 unspecified atom stereocenters. The first kappa shape index (κ1) is 24.2. The second-order valence-electron chi connectivity index (χ2n) is 9.92. The highest BCUT2D eigenvalue weighted by molar-refractivity contribution is 6.32. The number of nitrogens with one attached hydrogen (secondary N) is 1. The summed E-state index contributed by atoms with van der Waals surface area (Å²) in [6.45, 7) is 0.948. The average molecular weight is 532 g/mol. The van der Waals surface area contributed by atoms with E-state index in [9.17, 15) is 19.8 Å². The van der Waals surface area contributed by atoms with Crippen LogP contribution in [0.4, 0.5) is 16.2 Å². The molecule has 1 aliphatic carbocycles. The van der Waals surface area contributed by atoms with Gasteiger partial charge in [-0.2, -0.15) is 5.10 Å². The Kier molecular flexibility index (Phi) is 6.15. The number of likely N-dealkylation sites (tertiary alicyclic amines) is 1. The molecule has 1 amide bonds. The molecule has 0 spiro atoms. The van der Waals surface area contributed by atoms with E-state index in [2.05, 4.69) is 15.4 Å². The number of phenolic OH excluding ortho intramolecular Hbond substituents is 1. The molecule has 1 aliphatic heterocycles. The van der Waals surface area contributed by atoms with Crippen LogP contribution in [-0.4, -0.2) is 54.8 Å². The van der Waals surface area contributed by atoms with Gasteiger partial charge in [-0.25, -0.2) is 4.79 Å². The van der Waals surface area contributed by atoms with E-state index in [0.29, 0.717) is 37.2 Å². The van der Waals surface area contributed by atoms with Gasteiger partial charge in [-0.15, -0.1) is 0 Å². The van der Waals surface area contributed by atoms with Gasteiger partial charge in [-0.1, -0.05) is 23.7 Å². The summed E-state index contributed by atoms with van der Waals surface area (Å²) >= 11 is 6.16. The number of hydrogen-bond donors (Lipinski definition) is 3. The third kappa shape index (κ3) is 4.65. The van der Waals surface area contributed by atoms with E-state index in [-0.39, 0.29) is 28.5 Å². The Labute approximate surface area is 223 Å². The highest BCUT2D eigenvalue weighted by Gasteiger charge is 2.33. The topological polar surface area (TPSA) is 121 Å². The fraction of sp³-hybridized carbons (Fsp3) is 0.286. The Bertz CT molecular complexity index is 1560. The molecule has 1 saturated carbocycles. The van der Waals surface area contributed by atoms with Gasteiger partial charge in [0.05, 0.1) is 39.7 Å². The van der Waals surface area contributed by atoms with Crippen LogP contribution in [0.25, 0.3) is 22.0 Å². The van der Waals surface area contributed by atoms with E-state index in [1.165, 1.54) is 4.90 Å². The molecule has 0 radical (unpaired) electrons. The molecule has 2 aliphatic rings. The number of pyridine rings is 1. The molecule has 3 N–H and O–H groups in total. The monoisotopic (exact) mass is 531 g/mol. The van der Waals surface area contributed by atoms with Crippen LogP contribution < -0.4 is 5.32 Å². The van der Waals surface area contributed by atoms with Crippen molar-refractivity contribution in [1.29, 1.82) is 0 Å². The van der Waals surface area contributed by atoms with Crippen LogP contribution in [0, 0.1) is 5.92 Å². The number of fused-ring (bicyclic) bond motifs is 1. The van der Waals surface area contributed by atoms with Crippen molar-refractivity contribution in [2.24, 2.45) is 5.92 Å². The van der Waals surface area contributed by atoms with Crippen molar-refractivity contribution in [3.63, 3.8) is 0 Å². The van der Waals surface area contributed by atoms with Crippen LogP contribution in [-0.2, 0) is 0 Å². The van der Waals surface area contributed by atoms with Gasteiger partial charge in [0.2, 0.25) is 0 Å². The lowest BCUT2D eigenvalue weighted by Gasteiger charge is -2.29. The molecule has 4 aromatic rings. The molecule has 9 nitrogen and oxygen atoms in total. The Balaban J connectivity index is 1.36. The van der Waals surface area contributed by atoms with Crippen LogP contribution >= 0.6 is 11.6 Å². The SMILES string of the molecule is O=C(c1cnc2ccc(-c3ccc(O)c(Cl)c3)cc2c1Nc1cnn(C2CCN(C(=O)O)CC2)c1)C1CC1. The number of halogens is 1. The van der Waals surface area contributed by atoms with Crippen LogP contribution in [0.1, 0.15) is 42.1 Å². The zero-order valence-corrected chi connectivity index (χ0v) is 21.2. The molecule has 3 heterocycles. The molecule has 38 heavy (non-hydrogen) atoms. The van der Waals surface area contributed by atoms with Crippen LogP contribution in [0.2, 0.25) is 5.02 Å².